The molecule has 0 atom stereocenters. The normalized spacial score (nSPS) is 11.4. The van der Waals surface area contributed by atoms with E-state index in [9.17, 15) is 17.6 Å². The molecule has 3 aromatic rings. The van der Waals surface area contributed by atoms with Gasteiger partial charge in [0.1, 0.15) is 11.5 Å². The van der Waals surface area contributed by atoms with E-state index < -0.39 is 15.8 Å². The van der Waals surface area contributed by atoms with Crippen molar-refractivity contribution in [2.75, 3.05) is 6.26 Å². The Labute approximate surface area is 162 Å². The van der Waals surface area contributed by atoms with Gasteiger partial charge in [0.25, 0.3) is 0 Å². The largest absolute Gasteiger partial charge is 0.334 e. The highest BCUT2D eigenvalue weighted by atomic mass is 32.2. The van der Waals surface area contributed by atoms with Gasteiger partial charge in [-0.25, -0.2) is 17.6 Å². The van der Waals surface area contributed by atoms with Crippen LogP contribution in [0.4, 0.5) is 4.39 Å². The summed E-state index contributed by atoms with van der Waals surface area (Å²) in [6.07, 6.45) is 3.57. The van der Waals surface area contributed by atoms with Gasteiger partial charge in [-0.05, 0) is 36.2 Å². The third-order valence-electron chi connectivity index (χ3n) is 4.05. The molecule has 0 radical (unpaired) electrons. The SMILES string of the molecule is CCCC(=O)On1cc(-c2ccc(F)cc2)c(-c2ccc(S(C)(=O)=O)cc2)n1. The van der Waals surface area contributed by atoms with Crippen molar-refractivity contribution >= 4 is 15.8 Å². The van der Waals surface area contributed by atoms with E-state index in [1.165, 1.54) is 24.3 Å². The molecule has 0 N–H and O–H groups in total. The summed E-state index contributed by atoms with van der Waals surface area (Å²) < 4.78 is 36.6. The average molecular weight is 402 g/mol. The number of carbonyl (C=O) groups is 1. The van der Waals surface area contributed by atoms with Crippen LogP contribution in [0.1, 0.15) is 19.8 Å². The van der Waals surface area contributed by atoms with Gasteiger partial charge in [-0.2, -0.15) is 0 Å². The summed E-state index contributed by atoms with van der Waals surface area (Å²) in [5, 5.41) is 4.32. The highest BCUT2D eigenvalue weighted by molar-refractivity contribution is 7.90. The summed E-state index contributed by atoms with van der Waals surface area (Å²) in [5.74, 6) is -0.792. The molecule has 28 heavy (non-hydrogen) atoms. The molecular formula is C20H19FN2O4S. The number of halogens is 1. The van der Waals surface area contributed by atoms with E-state index >= 15 is 0 Å². The number of rotatable bonds is 6. The molecule has 0 aliphatic heterocycles. The van der Waals surface area contributed by atoms with Crippen molar-refractivity contribution in [3.63, 3.8) is 0 Å². The van der Waals surface area contributed by atoms with Crippen molar-refractivity contribution < 1.29 is 22.4 Å². The van der Waals surface area contributed by atoms with Crippen LogP contribution in [0.25, 0.3) is 22.4 Å². The second-order valence-corrected chi connectivity index (χ2v) is 8.33. The fraction of sp³-hybridized carbons (Fsp3) is 0.200. The van der Waals surface area contributed by atoms with Gasteiger partial charge in [-0.1, -0.05) is 36.0 Å². The van der Waals surface area contributed by atoms with E-state index in [1.54, 1.807) is 30.5 Å². The first-order chi connectivity index (χ1) is 13.3. The van der Waals surface area contributed by atoms with Crippen molar-refractivity contribution in [3.8, 4) is 22.4 Å². The lowest BCUT2D eigenvalue weighted by Gasteiger charge is -2.04. The maximum absolute atomic E-state index is 13.3. The molecule has 3 rings (SSSR count). The van der Waals surface area contributed by atoms with Crippen LogP contribution < -0.4 is 4.84 Å². The quantitative estimate of drug-likeness (QED) is 0.630. The third-order valence-corrected chi connectivity index (χ3v) is 5.18. The summed E-state index contributed by atoms with van der Waals surface area (Å²) >= 11 is 0. The second-order valence-electron chi connectivity index (χ2n) is 6.31. The third kappa shape index (κ3) is 4.45. The van der Waals surface area contributed by atoms with Gasteiger partial charge < -0.3 is 4.84 Å². The number of hydrogen-bond acceptors (Lipinski definition) is 5. The molecular weight excluding hydrogens is 383 g/mol. The molecule has 0 saturated heterocycles. The van der Waals surface area contributed by atoms with Crippen LogP contribution in [-0.2, 0) is 14.6 Å². The highest BCUT2D eigenvalue weighted by Crippen LogP contribution is 2.31. The van der Waals surface area contributed by atoms with Crippen molar-refractivity contribution in [2.24, 2.45) is 0 Å². The Morgan fingerprint density at radius 3 is 2.25 bits per heavy atom. The predicted molar refractivity (Wildman–Crippen MR) is 103 cm³/mol. The number of nitrogens with zero attached hydrogens (tertiary/aromatic N) is 2. The Balaban J connectivity index is 2.06. The smallest absolute Gasteiger partial charge is 0.319 e. The van der Waals surface area contributed by atoms with Crippen LogP contribution in [0, 0.1) is 5.82 Å². The minimum absolute atomic E-state index is 0.188. The Morgan fingerprint density at radius 1 is 1.07 bits per heavy atom. The van der Waals surface area contributed by atoms with E-state index in [4.69, 9.17) is 4.84 Å². The Hall–Kier alpha value is -3.00. The number of sulfone groups is 1. The minimum atomic E-state index is -3.32. The van der Waals surface area contributed by atoms with Crippen LogP contribution in [-0.4, -0.2) is 30.6 Å². The number of carbonyl (C=O) groups excluding carboxylic acids is 1. The lowest BCUT2D eigenvalue weighted by molar-refractivity contribution is -0.145. The van der Waals surface area contributed by atoms with Gasteiger partial charge >= 0.3 is 5.97 Å². The van der Waals surface area contributed by atoms with Gasteiger partial charge in [0.05, 0.1) is 11.1 Å². The van der Waals surface area contributed by atoms with E-state index in [-0.39, 0.29) is 17.1 Å². The first kappa shape index (κ1) is 19.8. The van der Waals surface area contributed by atoms with Crippen LogP contribution in [0.3, 0.4) is 0 Å². The molecule has 146 valence electrons. The van der Waals surface area contributed by atoms with E-state index in [0.717, 1.165) is 11.1 Å². The van der Waals surface area contributed by atoms with E-state index in [0.29, 0.717) is 28.8 Å². The van der Waals surface area contributed by atoms with E-state index in [2.05, 4.69) is 5.10 Å². The van der Waals surface area contributed by atoms with Gasteiger partial charge in [-0.15, -0.1) is 5.10 Å². The molecule has 0 fully saturated rings. The molecule has 8 heteroatoms. The molecule has 0 spiro atoms. The molecule has 0 amide bonds. The van der Waals surface area contributed by atoms with Gasteiger partial charge in [0.2, 0.25) is 0 Å². The van der Waals surface area contributed by atoms with Crippen molar-refractivity contribution in [1.29, 1.82) is 0 Å². The molecule has 0 aliphatic carbocycles. The highest BCUT2D eigenvalue weighted by Gasteiger charge is 2.16. The molecule has 1 aromatic heterocycles. The summed E-state index contributed by atoms with van der Waals surface area (Å²) in [7, 11) is -3.32. The Morgan fingerprint density at radius 2 is 1.68 bits per heavy atom. The Bertz CT molecular complexity index is 1090. The number of aromatic nitrogens is 2. The fourth-order valence-electron chi connectivity index (χ4n) is 2.67. The van der Waals surface area contributed by atoms with Gasteiger partial charge in [-0.3, -0.25) is 0 Å². The lowest BCUT2D eigenvalue weighted by atomic mass is 10.0. The van der Waals surface area contributed by atoms with Crippen molar-refractivity contribution in [1.82, 2.24) is 9.94 Å². The first-order valence-electron chi connectivity index (χ1n) is 8.65. The van der Waals surface area contributed by atoms with E-state index in [1.807, 2.05) is 6.92 Å². The first-order valence-corrected chi connectivity index (χ1v) is 10.5. The molecule has 0 bridgehead atoms. The molecule has 0 aliphatic rings. The molecule has 0 unspecified atom stereocenters. The fourth-order valence-corrected chi connectivity index (χ4v) is 3.30. The Kier molecular flexibility index (Phi) is 5.60. The number of benzene rings is 2. The monoisotopic (exact) mass is 402 g/mol. The van der Waals surface area contributed by atoms with Crippen LogP contribution >= 0.6 is 0 Å². The van der Waals surface area contributed by atoms with Crippen molar-refractivity contribution in [2.45, 2.75) is 24.7 Å². The summed E-state index contributed by atoms with van der Waals surface area (Å²) in [5.41, 5.74) is 2.42. The zero-order valence-electron chi connectivity index (χ0n) is 15.4. The van der Waals surface area contributed by atoms with Crippen molar-refractivity contribution in [3.05, 3.63) is 60.5 Å². The second kappa shape index (κ2) is 7.93. The zero-order valence-corrected chi connectivity index (χ0v) is 16.2. The van der Waals surface area contributed by atoms with Crippen LogP contribution in [0.2, 0.25) is 0 Å². The molecule has 2 aromatic carbocycles. The topological polar surface area (TPSA) is 78.3 Å². The maximum Gasteiger partial charge on any atom is 0.334 e. The standard InChI is InChI=1S/C20H19FN2O4S/c1-3-4-19(24)27-23-13-18(14-5-9-16(21)10-6-14)20(22-23)15-7-11-17(12-8-15)28(2,25)26/h5-13H,3-4H2,1-2H3. The van der Waals surface area contributed by atoms with Crippen LogP contribution in [0.15, 0.2) is 59.6 Å². The maximum atomic E-state index is 13.3. The zero-order chi connectivity index (χ0) is 20.3. The lowest BCUT2D eigenvalue weighted by Crippen LogP contribution is -2.19. The number of hydrogen-bond donors (Lipinski definition) is 0. The molecule has 1 heterocycles. The summed E-state index contributed by atoms with van der Waals surface area (Å²) in [6.45, 7) is 1.86. The molecule has 0 saturated carbocycles. The summed E-state index contributed by atoms with van der Waals surface area (Å²) in [6, 6.07) is 12.1. The minimum Gasteiger partial charge on any atom is -0.319 e. The summed E-state index contributed by atoms with van der Waals surface area (Å²) in [4.78, 5) is 18.3. The predicted octanol–water partition coefficient (Wildman–Crippen LogP) is 3.52. The van der Waals surface area contributed by atoms with Gasteiger partial charge in [0, 0.05) is 23.8 Å². The van der Waals surface area contributed by atoms with Gasteiger partial charge in [0.15, 0.2) is 9.84 Å². The average Bonchev–Trinajstić information content (AvgIpc) is 3.05. The van der Waals surface area contributed by atoms with Crippen LogP contribution in [0.5, 0.6) is 0 Å². The molecule has 6 nitrogen and oxygen atoms in total.